The molecule has 0 aromatic heterocycles. The molecule has 0 rings (SSSR count). The third kappa shape index (κ3) is 4.29. The number of carbonyl (C=O) groups is 1. The number of carboxylic acids is 1. The van der Waals surface area contributed by atoms with Crippen LogP contribution in [0.4, 0.5) is 0 Å². The molecule has 0 aromatic rings. The van der Waals surface area contributed by atoms with Gasteiger partial charge in [0.05, 0.1) is 0 Å². The Bertz CT molecular complexity index is 106. The first-order valence-corrected chi connectivity index (χ1v) is 3.37. The molecular formula is C6H14N2O2. The van der Waals surface area contributed by atoms with Crippen molar-refractivity contribution in [2.75, 3.05) is 6.54 Å². The molecule has 0 saturated carbocycles. The molecule has 0 spiro atoms. The van der Waals surface area contributed by atoms with Crippen LogP contribution < -0.4 is 11.5 Å². The summed E-state index contributed by atoms with van der Waals surface area (Å²) in [5.41, 5.74) is 10.4. The van der Waals surface area contributed by atoms with E-state index in [2.05, 4.69) is 0 Å². The van der Waals surface area contributed by atoms with E-state index in [1.165, 1.54) is 0 Å². The number of aliphatic carboxylic acids is 1. The van der Waals surface area contributed by atoms with Gasteiger partial charge in [0.2, 0.25) is 0 Å². The quantitative estimate of drug-likeness (QED) is 0.363. The predicted molar refractivity (Wildman–Crippen MR) is 38.5 cm³/mol. The highest BCUT2D eigenvalue weighted by molar-refractivity contribution is 5.72. The van der Waals surface area contributed by atoms with Crippen LogP contribution in [0.25, 0.3) is 0 Å². The summed E-state index contributed by atoms with van der Waals surface area (Å²) in [6.45, 7) is 0.604. The van der Waals surface area contributed by atoms with E-state index >= 15 is 0 Å². The fourth-order valence-corrected chi connectivity index (χ4v) is 0.632. The molecule has 0 aliphatic carbocycles. The van der Waals surface area contributed by atoms with Crippen LogP contribution in [0.2, 0.25) is 0 Å². The Hall–Kier alpha value is -0.610. The van der Waals surface area contributed by atoms with Crippen LogP contribution in [0.15, 0.2) is 0 Å². The third-order valence-corrected chi connectivity index (χ3v) is 1.29. The van der Waals surface area contributed by atoms with Crippen molar-refractivity contribution in [2.24, 2.45) is 11.5 Å². The van der Waals surface area contributed by atoms with E-state index in [9.17, 15) is 4.79 Å². The summed E-state index contributed by atoms with van der Waals surface area (Å²) in [4.78, 5) is 10.1. The zero-order valence-corrected chi connectivity index (χ0v) is 5.92. The average Bonchev–Trinajstić information content (AvgIpc) is 1.88. The lowest BCUT2D eigenvalue weighted by Crippen LogP contribution is -2.29. The lowest BCUT2D eigenvalue weighted by atomic mass is 10.1. The van der Waals surface area contributed by atoms with Crippen molar-refractivity contribution < 1.29 is 9.90 Å². The molecule has 0 heterocycles. The minimum Gasteiger partial charge on any atom is -0.480 e. The molecule has 60 valence electrons. The van der Waals surface area contributed by atoms with Crippen molar-refractivity contribution in [1.29, 1.82) is 0 Å². The van der Waals surface area contributed by atoms with Gasteiger partial charge in [0.1, 0.15) is 6.04 Å². The van der Waals surface area contributed by atoms with Crippen molar-refractivity contribution in [3.05, 3.63) is 0 Å². The largest absolute Gasteiger partial charge is 0.480 e. The van der Waals surface area contributed by atoms with Crippen LogP contribution in [0.3, 0.4) is 0 Å². The first kappa shape index (κ1) is 9.39. The van der Waals surface area contributed by atoms with Crippen molar-refractivity contribution in [1.82, 2.24) is 0 Å². The van der Waals surface area contributed by atoms with Gasteiger partial charge in [0.25, 0.3) is 0 Å². The molecule has 0 unspecified atom stereocenters. The molecule has 0 fully saturated rings. The normalized spacial score (nSPS) is 13.0. The van der Waals surface area contributed by atoms with E-state index in [1.54, 1.807) is 0 Å². The Kier molecular flexibility index (Phi) is 4.88. The maximum absolute atomic E-state index is 10.1. The van der Waals surface area contributed by atoms with Crippen LogP contribution >= 0.6 is 0 Å². The van der Waals surface area contributed by atoms with Crippen LogP contribution in [0, 0.1) is 0 Å². The number of nitrogens with two attached hydrogens (primary N) is 2. The molecule has 0 aliphatic rings. The topological polar surface area (TPSA) is 89.3 Å². The summed E-state index contributed by atoms with van der Waals surface area (Å²) >= 11 is 0. The van der Waals surface area contributed by atoms with Crippen molar-refractivity contribution >= 4 is 5.97 Å². The van der Waals surface area contributed by atoms with Gasteiger partial charge in [0, 0.05) is 0 Å². The highest BCUT2D eigenvalue weighted by Crippen LogP contribution is 1.96. The summed E-state index contributed by atoms with van der Waals surface area (Å²) in [6, 6.07) is -0.716. The van der Waals surface area contributed by atoms with Gasteiger partial charge in [-0.1, -0.05) is 6.42 Å². The average molecular weight is 148 g/mol. The second-order valence-electron chi connectivity index (χ2n) is 2.23. The molecule has 0 aromatic carbocycles. The Labute approximate surface area is 60.2 Å². The maximum Gasteiger partial charge on any atom is 0.320 e. The second kappa shape index (κ2) is 5.20. The van der Waals surface area contributed by atoms with Gasteiger partial charge in [-0.05, 0) is 19.4 Å². The molecule has 0 amide bonds. The van der Waals surface area contributed by atoms with Gasteiger partial charge >= 0.3 is 5.97 Å². The summed E-state index contributed by atoms with van der Waals surface area (Å²) < 4.78 is 0. The molecule has 5 N–H and O–H groups in total. The molecule has 4 heteroatoms. The Morgan fingerprint density at radius 2 is 2.10 bits per heavy atom. The van der Waals surface area contributed by atoms with E-state index in [4.69, 9.17) is 16.6 Å². The van der Waals surface area contributed by atoms with Gasteiger partial charge in [-0.3, -0.25) is 4.79 Å². The Morgan fingerprint density at radius 3 is 2.50 bits per heavy atom. The van der Waals surface area contributed by atoms with E-state index in [0.29, 0.717) is 13.0 Å². The van der Waals surface area contributed by atoms with Crippen LogP contribution in [0.5, 0.6) is 0 Å². The van der Waals surface area contributed by atoms with Crippen molar-refractivity contribution in [2.45, 2.75) is 25.3 Å². The SMILES string of the molecule is [15NH2]CCCC[C@H]([15NH2])C(=O)O. The molecular weight excluding hydrogens is 134 g/mol. The molecule has 0 radical (unpaired) electrons. The first-order chi connectivity index (χ1) is 4.68. The van der Waals surface area contributed by atoms with Gasteiger partial charge in [-0.2, -0.15) is 0 Å². The van der Waals surface area contributed by atoms with Gasteiger partial charge < -0.3 is 16.6 Å². The summed E-state index contributed by atoms with van der Waals surface area (Å²) in [6.07, 6.45) is 2.16. The highest BCUT2D eigenvalue weighted by Gasteiger charge is 2.09. The standard InChI is InChI=1S/C6H14N2O2/c7-4-2-1-3-5(8)6(9)10/h5H,1-4,7-8H2,(H,9,10)/t5-/m0/s1/i7+1,8+1. The summed E-state index contributed by atoms with van der Waals surface area (Å²) in [5.74, 6) is -0.933. The zero-order chi connectivity index (χ0) is 7.98. The van der Waals surface area contributed by atoms with Crippen LogP contribution in [0.1, 0.15) is 19.3 Å². The number of hydrogen-bond donors (Lipinski definition) is 3. The number of unbranched alkanes of at least 4 members (excludes halogenated alkanes) is 1. The predicted octanol–water partition coefficient (Wildman–Crippen LogP) is -0.473. The zero-order valence-electron chi connectivity index (χ0n) is 5.92. The van der Waals surface area contributed by atoms with E-state index in [0.717, 1.165) is 12.8 Å². The molecule has 4 nitrogen and oxygen atoms in total. The lowest BCUT2D eigenvalue weighted by molar-refractivity contribution is -0.138. The minimum atomic E-state index is -0.933. The Morgan fingerprint density at radius 1 is 1.50 bits per heavy atom. The van der Waals surface area contributed by atoms with Gasteiger partial charge in [0.15, 0.2) is 0 Å². The smallest absolute Gasteiger partial charge is 0.320 e. The molecule has 0 bridgehead atoms. The van der Waals surface area contributed by atoms with Gasteiger partial charge in [-0.25, -0.2) is 0 Å². The molecule has 10 heavy (non-hydrogen) atoms. The number of carboxylic acid groups (broad SMARTS) is 1. The number of rotatable bonds is 5. The highest BCUT2D eigenvalue weighted by atomic mass is 16.4. The van der Waals surface area contributed by atoms with Crippen molar-refractivity contribution in [3.8, 4) is 0 Å². The molecule has 0 saturated heterocycles. The molecule has 0 aliphatic heterocycles. The lowest BCUT2D eigenvalue weighted by Gasteiger charge is -2.03. The van der Waals surface area contributed by atoms with E-state index in [1.807, 2.05) is 0 Å². The van der Waals surface area contributed by atoms with Crippen LogP contribution in [-0.2, 0) is 4.79 Å². The van der Waals surface area contributed by atoms with Gasteiger partial charge in [-0.15, -0.1) is 0 Å². The maximum atomic E-state index is 10.1. The van der Waals surface area contributed by atoms with E-state index in [-0.39, 0.29) is 0 Å². The fourth-order valence-electron chi connectivity index (χ4n) is 0.632. The third-order valence-electron chi connectivity index (χ3n) is 1.29. The number of hydrogen-bond acceptors (Lipinski definition) is 3. The van der Waals surface area contributed by atoms with E-state index < -0.39 is 12.0 Å². The first-order valence-electron chi connectivity index (χ1n) is 3.37. The second-order valence-corrected chi connectivity index (χ2v) is 2.23. The summed E-state index contributed by atoms with van der Waals surface area (Å²) in [7, 11) is 0. The van der Waals surface area contributed by atoms with Crippen molar-refractivity contribution in [3.63, 3.8) is 0 Å². The monoisotopic (exact) mass is 148 g/mol. The fraction of sp³-hybridized carbons (Fsp3) is 0.833. The molecule has 1 atom stereocenters. The minimum absolute atomic E-state index is 0.520. The summed E-state index contributed by atoms with van der Waals surface area (Å²) in [5, 5.41) is 8.33. The van der Waals surface area contributed by atoms with Crippen LogP contribution in [-0.4, -0.2) is 23.7 Å². The Balaban J connectivity index is 3.21.